The predicted molar refractivity (Wildman–Crippen MR) is 74.9 cm³/mol. The summed E-state index contributed by atoms with van der Waals surface area (Å²) in [6.07, 6.45) is 3.79. The van der Waals surface area contributed by atoms with Crippen LogP contribution in [-0.2, 0) is 30.9 Å². The van der Waals surface area contributed by atoms with E-state index in [4.69, 9.17) is 9.39 Å². The molecule has 3 heterocycles. The van der Waals surface area contributed by atoms with E-state index < -0.39 is 34.4 Å². The lowest BCUT2D eigenvalue weighted by atomic mass is 10.0. The number of amides is 3. The van der Waals surface area contributed by atoms with Gasteiger partial charge < -0.3 is 9.88 Å². The van der Waals surface area contributed by atoms with Crippen molar-refractivity contribution in [3.63, 3.8) is 0 Å². The SMILES string of the molecule is O=C(NOCc1ncc[nH]1)C1CCC2CN1C(=O)N2OS(=O)(=O)O. The van der Waals surface area contributed by atoms with E-state index in [1.54, 1.807) is 6.20 Å². The van der Waals surface area contributed by atoms with Gasteiger partial charge in [-0.2, -0.15) is 13.5 Å². The molecule has 2 atom stereocenters. The second-order valence-electron chi connectivity index (χ2n) is 5.30. The summed E-state index contributed by atoms with van der Waals surface area (Å²) in [5.74, 6) is -0.0222. The zero-order valence-corrected chi connectivity index (χ0v) is 13.1. The Balaban J connectivity index is 1.58. The fraction of sp³-hybridized carbons (Fsp3) is 0.545. The minimum absolute atomic E-state index is 0.0278. The Labute approximate surface area is 136 Å². The first-order valence-corrected chi connectivity index (χ1v) is 8.38. The van der Waals surface area contributed by atoms with Crippen molar-refractivity contribution in [3.8, 4) is 0 Å². The molecular weight excluding hydrogens is 346 g/mol. The highest BCUT2D eigenvalue weighted by Gasteiger charge is 2.49. The molecule has 2 bridgehead atoms. The molecule has 3 amide bonds. The Kier molecular flexibility index (Phi) is 4.40. The summed E-state index contributed by atoms with van der Waals surface area (Å²) in [6, 6.07) is -2.17. The average molecular weight is 361 g/mol. The lowest BCUT2D eigenvalue weighted by molar-refractivity contribution is -0.140. The molecule has 132 valence electrons. The number of H-pyrrole nitrogens is 1. The molecule has 12 nitrogen and oxygen atoms in total. The summed E-state index contributed by atoms with van der Waals surface area (Å²) in [6.45, 7) is 0.143. The summed E-state index contributed by atoms with van der Waals surface area (Å²) < 4.78 is 34.6. The molecule has 2 unspecified atom stereocenters. The zero-order chi connectivity index (χ0) is 17.3. The quantitative estimate of drug-likeness (QED) is 0.429. The average Bonchev–Trinajstić information content (AvgIpc) is 3.10. The molecule has 3 N–H and O–H groups in total. The number of aromatic amines is 1. The minimum atomic E-state index is -4.81. The smallest absolute Gasteiger partial charge is 0.347 e. The maximum absolute atomic E-state index is 12.2. The Hall–Kier alpha value is -2.22. The van der Waals surface area contributed by atoms with Crippen LogP contribution in [0.15, 0.2) is 12.4 Å². The molecule has 0 saturated carbocycles. The van der Waals surface area contributed by atoms with Crippen molar-refractivity contribution < 1.29 is 31.7 Å². The van der Waals surface area contributed by atoms with Gasteiger partial charge in [-0.05, 0) is 12.8 Å². The van der Waals surface area contributed by atoms with E-state index in [1.807, 2.05) is 0 Å². The highest BCUT2D eigenvalue weighted by molar-refractivity contribution is 7.80. The van der Waals surface area contributed by atoms with Crippen LogP contribution >= 0.6 is 0 Å². The second-order valence-corrected chi connectivity index (χ2v) is 6.31. The van der Waals surface area contributed by atoms with Crippen LogP contribution in [0, 0.1) is 0 Å². The summed E-state index contributed by atoms with van der Waals surface area (Å²) in [5.41, 5.74) is 2.24. The Morgan fingerprint density at radius 1 is 1.50 bits per heavy atom. The summed E-state index contributed by atoms with van der Waals surface area (Å²) >= 11 is 0. The first kappa shape index (κ1) is 16.6. The van der Waals surface area contributed by atoms with Crippen molar-refractivity contribution in [1.82, 2.24) is 25.4 Å². The van der Waals surface area contributed by atoms with Gasteiger partial charge in [0.15, 0.2) is 0 Å². The number of urea groups is 1. The van der Waals surface area contributed by atoms with E-state index in [2.05, 4.69) is 19.7 Å². The number of nitrogens with zero attached hydrogens (tertiary/aromatic N) is 3. The number of imidazole rings is 1. The number of nitrogens with one attached hydrogen (secondary N) is 2. The maximum Gasteiger partial charge on any atom is 0.418 e. The normalized spacial score (nSPS) is 23.6. The van der Waals surface area contributed by atoms with E-state index in [0.717, 1.165) is 0 Å². The Morgan fingerprint density at radius 3 is 2.96 bits per heavy atom. The third-order valence-electron chi connectivity index (χ3n) is 3.74. The lowest BCUT2D eigenvalue weighted by Crippen LogP contribution is -2.49. The van der Waals surface area contributed by atoms with Gasteiger partial charge in [0.1, 0.15) is 18.5 Å². The zero-order valence-electron chi connectivity index (χ0n) is 12.3. The van der Waals surface area contributed by atoms with E-state index in [0.29, 0.717) is 23.7 Å². The van der Waals surface area contributed by atoms with E-state index in [-0.39, 0.29) is 13.2 Å². The molecule has 1 aromatic heterocycles. The second kappa shape index (κ2) is 6.35. The monoisotopic (exact) mass is 361 g/mol. The number of rotatable bonds is 6. The molecule has 2 aliphatic heterocycles. The van der Waals surface area contributed by atoms with Crippen LogP contribution in [0.2, 0.25) is 0 Å². The summed E-state index contributed by atoms with van der Waals surface area (Å²) in [4.78, 5) is 37.2. The van der Waals surface area contributed by atoms with E-state index in [1.165, 1.54) is 11.1 Å². The lowest BCUT2D eigenvalue weighted by Gasteiger charge is -2.28. The molecule has 0 radical (unpaired) electrons. The molecule has 2 fully saturated rings. The molecule has 3 rings (SSSR count). The van der Waals surface area contributed by atoms with Crippen molar-refractivity contribution in [2.75, 3.05) is 6.54 Å². The largest absolute Gasteiger partial charge is 0.418 e. The van der Waals surface area contributed by atoms with Gasteiger partial charge in [0.25, 0.3) is 5.91 Å². The van der Waals surface area contributed by atoms with Crippen LogP contribution in [0.1, 0.15) is 18.7 Å². The third kappa shape index (κ3) is 3.48. The highest BCUT2D eigenvalue weighted by atomic mass is 32.3. The number of carbonyl (C=O) groups is 2. The Morgan fingerprint density at radius 2 is 2.29 bits per heavy atom. The molecule has 0 aromatic carbocycles. The predicted octanol–water partition coefficient (Wildman–Crippen LogP) is -1.04. The number of hydroxylamine groups is 3. The van der Waals surface area contributed by atoms with Crippen LogP contribution in [0.25, 0.3) is 0 Å². The van der Waals surface area contributed by atoms with Crippen LogP contribution in [0.4, 0.5) is 4.79 Å². The molecule has 1 aromatic rings. The molecule has 0 aliphatic carbocycles. The first-order valence-electron chi connectivity index (χ1n) is 7.02. The van der Waals surface area contributed by atoms with Gasteiger partial charge in [-0.1, -0.05) is 0 Å². The van der Waals surface area contributed by atoms with Gasteiger partial charge >= 0.3 is 16.4 Å². The van der Waals surface area contributed by atoms with Crippen molar-refractivity contribution in [2.24, 2.45) is 0 Å². The molecular formula is C11H15N5O7S. The van der Waals surface area contributed by atoms with Crippen molar-refractivity contribution in [1.29, 1.82) is 0 Å². The topological polar surface area (TPSA) is 154 Å². The summed E-state index contributed by atoms with van der Waals surface area (Å²) in [7, 11) is -4.81. The van der Waals surface area contributed by atoms with Gasteiger partial charge in [0.2, 0.25) is 0 Å². The van der Waals surface area contributed by atoms with Gasteiger partial charge in [-0.3, -0.25) is 14.2 Å². The van der Waals surface area contributed by atoms with Crippen LogP contribution < -0.4 is 5.48 Å². The molecule has 24 heavy (non-hydrogen) atoms. The number of hydrogen-bond donors (Lipinski definition) is 3. The number of fused-ring (bicyclic) bond motifs is 2. The first-order chi connectivity index (χ1) is 11.3. The van der Waals surface area contributed by atoms with Gasteiger partial charge in [0, 0.05) is 18.9 Å². The van der Waals surface area contributed by atoms with Crippen LogP contribution in [-0.4, -0.2) is 63.5 Å². The fourth-order valence-corrected chi connectivity index (χ4v) is 3.11. The van der Waals surface area contributed by atoms with Crippen LogP contribution in [0.3, 0.4) is 0 Å². The van der Waals surface area contributed by atoms with Crippen LogP contribution in [0.5, 0.6) is 0 Å². The molecule has 0 spiro atoms. The van der Waals surface area contributed by atoms with Crippen molar-refractivity contribution in [2.45, 2.75) is 31.5 Å². The number of carbonyl (C=O) groups excluding carboxylic acids is 2. The number of piperidine rings is 1. The highest BCUT2D eigenvalue weighted by Crippen LogP contribution is 2.30. The van der Waals surface area contributed by atoms with Gasteiger partial charge in [0.05, 0.1) is 6.04 Å². The maximum atomic E-state index is 12.2. The summed E-state index contributed by atoms with van der Waals surface area (Å²) in [5, 5.41) is 0.576. The van der Waals surface area contributed by atoms with E-state index >= 15 is 0 Å². The molecule has 13 heteroatoms. The minimum Gasteiger partial charge on any atom is -0.347 e. The molecule has 2 aliphatic rings. The number of aromatic nitrogens is 2. The van der Waals surface area contributed by atoms with E-state index in [9.17, 15) is 18.0 Å². The Bertz CT molecular complexity index is 721. The molecule has 2 saturated heterocycles. The van der Waals surface area contributed by atoms with Crippen molar-refractivity contribution >= 4 is 22.3 Å². The third-order valence-corrected chi connectivity index (χ3v) is 4.09. The number of hydrogen-bond acceptors (Lipinski definition) is 7. The van der Waals surface area contributed by atoms with Gasteiger partial charge in [-0.25, -0.2) is 15.3 Å². The fourth-order valence-electron chi connectivity index (χ4n) is 2.72. The standard InChI is InChI=1S/C11H15N5O7S/c17-10(14-22-6-9-12-3-4-13-9)8-2-1-7-5-15(8)11(18)16(7)23-24(19,20)21/h3-4,7-8H,1-2,5-6H2,(H,12,13)(H,14,17)(H,19,20,21). The van der Waals surface area contributed by atoms with Crippen molar-refractivity contribution in [3.05, 3.63) is 18.2 Å². The van der Waals surface area contributed by atoms with Gasteiger partial charge in [-0.15, -0.1) is 4.28 Å².